The molecule has 0 spiro atoms. The molecule has 0 unspecified atom stereocenters. The van der Waals surface area contributed by atoms with Gasteiger partial charge in [-0.25, -0.2) is 0 Å². The van der Waals surface area contributed by atoms with Gasteiger partial charge in [-0.15, -0.1) is 0 Å². The lowest BCUT2D eigenvalue weighted by Gasteiger charge is -2.34. The Morgan fingerprint density at radius 1 is 0.897 bits per heavy atom. The Kier molecular flexibility index (Phi) is 5.73. The van der Waals surface area contributed by atoms with E-state index in [0.29, 0.717) is 43.9 Å². The number of carbonyl (C=O) groups is 2. The largest absolute Gasteiger partial charge is 0.336 e. The van der Waals surface area contributed by atoms with Crippen molar-refractivity contribution in [2.45, 2.75) is 25.7 Å². The third-order valence-corrected chi connectivity index (χ3v) is 5.94. The fourth-order valence-corrected chi connectivity index (χ4v) is 4.21. The predicted octanol–water partition coefficient (Wildman–Crippen LogP) is 3.08. The van der Waals surface area contributed by atoms with Crippen LogP contribution in [0.4, 0.5) is 0 Å². The van der Waals surface area contributed by atoms with Crippen LogP contribution in [-0.2, 0) is 12.8 Å². The molecule has 1 fully saturated rings. The number of carbonyl (C=O) groups excluding carboxylic acids is 2. The van der Waals surface area contributed by atoms with Crippen molar-refractivity contribution in [3.8, 4) is 6.07 Å². The van der Waals surface area contributed by atoms with Gasteiger partial charge in [-0.05, 0) is 61.1 Å². The van der Waals surface area contributed by atoms with Gasteiger partial charge in [0.1, 0.15) is 0 Å². The minimum Gasteiger partial charge on any atom is -0.336 e. The van der Waals surface area contributed by atoms with Crippen LogP contribution in [0, 0.1) is 11.3 Å². The normalized spacial score (nSPS) is 16.7. The Morgan fingerprint density at radius 2 is 1.66 bits per heavy atom. The van der Waals surface area contributed by atoms with Crippen LogP contribution in [0.5, 0.6) is 0 Å². The molecule has 1 amide bonds. The lowest BCUT2D eigenvalue weighted by Crippen LogP contribution is -2.49. The van der Waals surface area contributed by atoms with Crippen molar-refractivity contribution in [1.29, 1.82) is 5.26 Å². The van der Waals surface area contributed by atoms with Gasteiger partial charge in [0.2, 0.25) is 0 Å². The fourth-order valence-electron chi connectivity index (χ4n) is 4.21. The highest BCUT2D eigenvalue weighted by Gasteiger charge is 2.24. The van der Waals surface area contributed by atoms with Crippen molar-refractivity contribution >= 4 is 11.7 Å². The van der Waals surface area contributed by atoms with E-state index in [1.54, 1.807) is 29.2 Å². The summed E-state index contributed by atoms with van der Waals surface area (Å²) < 4.78 is 0. The van der Waals surface area contributed by atoms with E-state index in [-0.39, 0.29) is 11.7 Å². The smallest absolute Gasteiger partial charge is 0.253 e. The number of Topliss-reactive ketones (excluding diaryl/α,β-unsaturated/α-hetero) is 1. The summed E-state index contributed by atoms with van der Waals surface area (Å²) in [6.45, 7) is 2.94. The van der Waals surface area contributed by atoms with Gasteiger partial charge in [0.05, 0.1) is 18.2 Å². The molecule has 0 radical (unpaired) electrons. The third kappa shape index (κ3) is 4.38. The Bertz CT molecular complexity index is 968. The van der Waals surface area contributed by atoms with Gasteiger partial charge in [0, 0.05) is 37.3 Å². The Balaban J connectivity index is 1.33. The third-order valence-electron chi connectivity index (χ3n) is 5.94. The van der Waals surface area contributed by atoms with E-state index < -0.39 is 0 Å². The lowest BCUT2D eigenvalue weighted by atomic mass is 9.90. The molecular weight excluding hydrogens is 362 g/mol. The lowest BCUT2D eigenvalue weighted by molar-refractivity contribution is 0.0624. The zero-order valence-corrected chi connectivity index (χ0v) is 16.6. The standard InChI is InChI=1S/C24H25N3O2/c25-16-18-4-3-7-22(14-18)24(29)27-12-10-26(11-13-27)17-23(28)21-9-8-19-5-1-2-6-20(19)15-21/h3-4,7-9,14-15H,1-2,5-6,10-13,17H2. The number of hydrogen-bond donors (Lipinski definition) is 0. The molecule has 1 aliphatic carbocycles. The molecule has 0 saturated carbocycles. The topological polar surface area (TPSA) is 64.4 Å². The number of nitriles is 1. The molecule has 0 atom stereocenters. The van der Waals surface area contributed by atoms with Gasteiger partial charge in [0.15, 0.2) is 5.78 Å². The summed E-state index contributed by atoms with van der Waals surface area (Å²) in [5, 5.41) is 9.02. The van der Waals surface area contributed by atoms with Gasteiger partial charge in [-0.1, -0.05) is 18.2 Å². The number of aryl methyl sites for hydroxylation is 2. The maximum Gasteiger partial charge on any atom is 0.253 e. The van der Waals surface area contributed by atoms with E-state index in [9.17, 15) is 9.59 Å². The molecule has 2 aromatic rings. The molecule has 0 N–H and O–H groups in total. The minimum atomic E-state index is -0.0530. The molecule has 5 nitrogen and oxygen atoms in total. The average molecular weight is 387 g/mol. The zero-order chi connectivity index (χ0) is 20.2. The summed E-state index contributed by atoms with van der Waals surface area (Å²) in [6.07, 6.45) is 4.64. The number of piperazine rings is 1. The maximum absolute atomic E-state index is 12.8. The first-order chi connectivity index (χ1) is 14.1. The molecule has 2 aliphatic rings. The second kappa shape index (κ2) is 8.59. The van der Waals surface area contributed by atoms with Gasteiger partial charge in [-0.3, -0.25) is 14.5 Å². The molecule has 4 rings (SSSR count). The number of amides is 1. The van der Waals surface area contributed by atoms with E-state index in [2.05, 4.69) is 23.1 Å². The zero-order valence-electron chi connectivity index (χ0n) is 16.6. The maximum atomic E-state index is 12.8. The van der Waals surface area contributed by atoms with Crippen molar-refractivity contribution in [1.82, 2.24) is 9.80 Å². The first-order valence-electron chi connectivity index (χ1n) is 10.3. The van der Waals surface area contributed by atoms with E-state index >= 15 is 0 Å². The Labute approximate surface area is 171 Å². The quantitative estimate of drug-likeness (QED) is 0.757. The summed E-state index contributed by atoms with van der Waals surface area (Å²) in [4.78, 5) is 29.4. The van der Waals surface area contributed by atoms with Crippen LogP contribution in [-0.4, -0.2) is 54.2 Å². The average Bonchev–Trinajstić information content (AvgIpc) is 2.78. The fraction of sp³-hybridized carbons (Fsp3) is 0.375. The molecule has 1 aliphatic heterocycles. The number of fused-ring (bicyclic) bond motifs is 1. The molecule has 1 heterocycles. The summed E-state index contributed by atoms with van der Waals surface area (Å²) >= 11 is 0. The number of hydrogen-bond acceptors (Lipinski definition) is 4. The highest BCUT2D eigenvalue weighted by molar-refractivity contribution is 5.98. The molecular formula is C24H25N3O2. The van der Waals surface area contributed by atoms with Crippen molar-refractivity contribution in [3.63, 3.8) is 0 Å². The molecule has 0 bridgehead atoms. The predicted molar refractivity (Wildman–Crippen MR) is 111 cm³/mol. The SMILES string of the molecule is N#Cc1cccc(C(=O)N2CCN(CC(=O)c3ccc4c(c3)CCCC4)CC2)c1. The first-order valence-corrected chi connectivity index (χ1v) is 10.3. The summed E-state index contributed by atoms with van der Waals surface area (Å²) in [6, 6.07) is 15.0. The van der Waals surface area contributed by atoms with E-state index in [4.69, 9.17) is 5.26 Å². The van der Waals surface area contributed by atoms with E-state index in [1.165, 1.54) is 24.0 Å². The molecule has 29 heavy (non-hydrogen) atoms. The van der Waals surface area contributed by atoms with Crippen molar-refractivity contribution in [2.75, 3.05) is 32.7 Å². The summed E-state index contributed by atoms with van der Waals surface area (Å²) in [7, 11) is 0. The number of nitrogens with zero attached hydrogens (tertiary/aromatic N) is 3. The van der Waals surface area contributed by atoms with Gasteiger partial charge in [-0.2, -0.15) is 5.26 Å². The van der Waals surface area contributed by atoms with Crippen LogP contribution in [0.25, 0.3) is 0 Å². The molecule has 0 aromatic heterocycles. The highest BCUT2D eigenvalue weighted by atomic mass is 16.2. The van der Waals surface area contributed by atoms with Crippen molar-refractivity contribution in [3.05, 3.63) is 70.3 Å². The van der Waals surface area contributed by atoms with E-state index in [0.717, 1.165) is 18.4 Å². The van der Waals surface area contributed by atoms with Gasteiger partial charge in [0.25, 0.3) is 5.91 Å². The van der Waals surface area contributed by atoms with E-state index in [1.807, 2.05) is 6.07 Å². The van der Waals surface area contributed by atoms with Gasteiger partial charge < -0.3 is 4.90 Å². The molecule has 2 aromatic carbocycles. The van der Waals surface area contributed by atoms with Crippen LogP contribution >= 0.6 is 0 Å². The Morgan fingerprint density at radius 3 is 2.41 bits per heavy atom. The summed E-state index contributed by atoms with van der Waals surface area (Å²) in [5.74, 6) is 0.0997. The Hall–Kier alpha value is -2.97. The van der Waals surface area contributed by atoms with Crippen LogP contribution in [0.2, 0.25) is 0 Å². The second-order valence-corrected chi connectivity index (χ2v) is 7.87. The highest BCUT2D eigenvalue weighted by Crippen LogP contribution is 2.22. The number of rotatable bonds is 4. The van der Waals surface area contributed by atoms with Gasteiger partial charge >= 0.3 is 0 Å². The number of ketones is 1. The van der Waals surface area contributed by atoms with Crippen molar-refractivity contribution in [2.24, 2.45) is 0 Å². The summed E-state index contributed by atoms with van der Waals surface area (Å²) in [5.41, 5.74) is 4.56. The van der Waals surface area contributed by atoms with Crippen LogP contribution < -0.4 is 0 Å². The van der Waals surface area contributed by atoms with Crippen molar-refractivity contribution < 1.29 is 9.59 Å². The molecule has 5 heteroatoms. The second-order valence-electron chi connectivity index (χ2n) is 7.87. The minimum absolute atomic E-state index is 0.0530. The first kappa shape index (κ1) is 19.4. The monoisotopic (exact) mass is 387 g/mol. The number of benzene rings is 2. The van der Waals surface area contributed by atoms with Crippen LogP contribution in [0.15, 0.2) is 42.5 Å². The molecule has 148 valence electrons. The molecule has 1 saturated heterocycles. The van der Waals surface area contributed by atoms with Crippen LogP contribution in [0.3, 0.4) is 0 Å². The van der Waals surface area contributed by atoms with Crippen LogP contribution in [0.1, 0.15) is 50.2 Å².